The lowest BCUT2D eigenvalue weighted by atomic mass is 9.89. The minimum Gasteiger partial charge on any atom is -0.503 e. The predicted octanol–water partition coefficient (Wildman–Crippen LogP) is 2.26. The van der Waals surface area contributed by atoms with Crippen molar-refractivity contribution in [3.63, 3.8) is 0 Å². The van der Waals surface area contributed by atoms with Gasteiger partial charge in [0.2, 0.25) is 0 Å². The SMILES string of the molecule is C=C1NC(=O)NC(c2cc(Cl)c(O)c(OC)c2)C1C(=O)OCC1CCCO1. The number of hydrogen-bond acceptors (Lipinski definition) is 6. The molecular formula is C18H21ClN2O6. The van der Waals surface area contributed by atoms with Gasteiger partial charge < -0.3 is 30.0 Å². The average Bonchev–Trinajstić information content (AvgIpc) is 3.14. The fraction of sp³-hybridized carbons (Fsp3) is 0.444. The molecule has 2 saturated heterocycles. The van der Waals surface area contributed by atoms with E-state index in [1.165, 1.54) is 19.2 Å². The van der Waals surface area contributed by atoms with Crippen molar-refractivity contribution >= 4 is 23.6 Å². The highest BCUT2D eigenvalue weighted by atomic mass is 35.5. The van der Waals surface area contributed by atoms with Gasteiger partial charge >= 0.3 is 12.0 Å². The number of carbonyl (C=O) groups excluding carboxylic acids is 2. The number of carbonyl (C=O) groups is 2. The fourth-order valence-electron chi connectivity index (χ4n) is 3.21. The Morgan fingerprint density at radius 1 is 1.48 bits per heavy atom. The molecule has 3 unspecified atom stereocenters. The summed E-state index contributed by atoms with van der Waals surface area (Å²) in [6.45, 7) is 4.59. The maximum Gasteiger partial charge on any atom is 0.319 e. The van der Waals surface area contributed by atoms with Crippen molar-refractivity contribution in [1.29, 1.82) is 0 Å². The number of phenols is 1. The fourth-order valence-corrected chi connectivity index (χ4v) is 3.43. The standard InChI is InChI=1S/C18H21ClN2O6/c1-9-14(17(23)27-8-11-4-3-5-26-11)15(21-18(24)20-9)10-6-12(19)16(22)13(7-10)25-2/h6-7,11,14-15,22H,1,3-5,8H2,2H3,(H2,20,21,24). The maximum atomic E-state index is 12.7. The highest BCUT2D eigenvalue weighted by Crippen LogP contribution is 2.40. The first-order valence-electron chi connectivity index (χ1n) is 8.51. The molecule has 3 N–H and O–H groups in total. The first kappa shape index (κ1) is 19.3. The van der Waals surface area contributed by atoms with Crippen LogP contribution in [0.4, 0.5) is 4.79 Å². The molecule has 0 saturated carbocycles. The lowest BCUT2D eigenvalue weighted by molar-refractivity contribution is -0.151. The van der Waals surface area contributed by atoms with Gasteiger partial charge in [0.05, 0.1) is 24.3 Å². The van der Waals surface area contributed by atoms with Gasteiger partial charge in [-0.25, -0.2) is 4.79 Å². The van der Waals surface area contributed by atoms with Crippen molar-refractivity contribution in [2.24, 2.45) is 5.92 Å². The van der Waals surface area contributed by atoms with E-state index in [1.807, 2.05) is 0 Å². The Hall–Kier alpha value is -2.45. The van der Waals surface area contributed by atoms with Gasteiger partial charge in [-0.15, -0.1) is 0 Å². The second-order valence-corrected chi connectivity index (χ2v) is 6.80. The van der Waals surface area contributed by atoms with Gasteiger partial charge in [0.15, 0.2) is 11.5 Å². The van der Waals surface area contributed by atoms with E-state index in [2.05, 4.69) is 17.2 Å². The van der Waals surface area contributed by atoms with E-state index >= 15 is 0 Å². The Kier molecular flexibility index (Phi) is 5.76. The molecule has 3 atom stereocenters. The van der Waals surface area contributed by atoms with Crippen LogP contribution in [0.3, 0.4) is 0 Å². The van der Waals surface area contributed by atoms with E-state index in [4.69, 9.17) is 25.8 Å². The number of hydrogen-bond donors (Lipinski definition) is 3. The number of phenolic OH excluding ortho intramolecular Hbond substituents is 1. The molecule has 1 aromatic rings. The largest absolute Gasteiger partial charge is 0.503 e. The van der Waals surface area contributed by atoms with Gasteiger partial charge in [-0.3, -0.25) is 4.79 Å². The summed E-state index contributed by atoms with van der Waals surface area (Å²) in [7, 11) is 1.38. The molecule has 9 heteroatoms. The van der Waals surface area contributed by atoms with Gasteiger partial charge in [0, 0.05) is 12.3 Å². The molecule has 1 aromatic carbocycles. The summed E-state index contributed by atoms with van der Waals surface area (Å²) in [5, 5.41) is 15.1. The van der Waals surface area contributed by atoms with Crippen LogP contribution in [0.15, 0.2) is 24.4 Å². The summed E-state index contributed by atoms with van der Waals surface area (Å²) >= 11 is 6.05. The normalized spacial score (nSPS) is 24.9. The summed E-state index contributed by atoms with van der Waals surface area (Å²) in [5.41, 5.74) is 0.689. The third-order valence-electron chi connectivity index (χ3n) is 4.59. The molecule has 27 heavy (non-hydrogen) atoms. The number of aromatic hydroxyl groups is 1. The average molecular weight is 397 g/mol. The maximum absolute atomic E-state index is 12.7. The Bertz CT molecular complexity index is 762. The zero-order valence-electron chi connectivity index (χ0n) is 14.8. The first-order chi connectivity index (χ1) is 12.9. The zero-order valence-corrected chi connectivity index (χ0v) is 15.5. The molecule has 2 amide bonds. The van der Waals surface area contributed by atoms with Crippen LogP contribution in [0.1, 0.15) is 24.4 Å². The van der Waals surface area contributed by atoms with Crippen LogP contribution in [0.25, 0.3) is 0 Å². The van der Waals surface area contributed by atoms with E-state index < -0.39 is 24.0 Å². The number of halogens is 1. The van der Waals surface area contributed by atoms with Crippen LogP contribution in [0.2, 0.25) is 5.02 Å². The molecule has 2 aliphatic heterocycles. The van der Waals surface area contributed by atoms with Gasteiger partial charge in [0.25, 0.3) is 0 Å². The number of esters is 1. The monoisotopic (exact) mass is 396 g/mol. The third kappa shape index (κ3) is 4.12. The molecule has 2 heterocycles. The van der Waals surface area contributed by atoms with Crippen LogP contribution in [0.5, 0.6) is 11.5 Å². The van der Waals surface area contributed by atoms with Crippen molar-refractivity contribution in [2.75, 3.05) is 20.3 Å². The minimum atomic E-state index is -0.880. The van der Waals surface area contributed by atoms with Crippen LogP contribution >= 0.6 is 11.6 Å². The molecule has 0 radical (unpaired) electrons. The summed E-state index contributed by atoms with van der Waals surface area (Å²) in [6.07, 6.45) is 1.65. The van der Waals surface area contributed by atoms with E-state index in [1.54, 1.807) is 0 Å². The number of urea groups is 1. The Morgan fingerprint density at radius 2 is 2.26 bits per heavy atom. The summed E-state index contributed by atoms with van der Waals surface area (Å²) in [5.74, 6) is -1.52. The molecular weight excluding hydrogens is 376 g/mol. The van der Waals surface area contributed by atoms with Crippen LogP contribution < -0.4 is 15.4 Å². The van der Waals surface area contributed by atoms with E-state index in [-0.39, 0.29) is 34.9 Å². The van der Waals surface area contributed by atoms with Gasteiger partial charge in [-0.1, -0.05) is 18.2 Å². The highest BCUT2D eigenvalue weighted by Gasteiger charge is 2.40. The van der Waals surface area contributed by atoms with Gasteiger partial charge in [0.1, 0.15) is 12.5 Å². The van der Waals surface area contributed by atoms with Crippen LogP contribution in [0, 0.1) is 5.92 Å². The van der Waals surface area contributed by atoms with Crippen molar-refractivity contribution in [2.45, 2.75) is 25.0 Å². The lowest BCUT2D eigenvalue weighted by Crippen LogP contribution is -2.51. The topological polar surface area (TPSA) is 106 Å². The lowest BCUT2D eigenvalue weighted by Gasteiger charge is -2.33. The molecule has 3 rings (SSSR count). The Balaban J connectivity index is 1.85. The second-order valence-electron chi connectivity index (χ2n) is 6.40. The van der Waals surface area contributed by atoms with E-state index in [0.717, 1.165) is 12.8 Å². The first-order valence-corrected chi connectivity index (χ1v) is 8.89. The number of amides is 2. The smallest absolute Gasteiger partial charge is 0.319 e. The molecule has 2 aliphatic rings. The molecule has 0 bridgehead atoms. The van der Waals surface area contributed by atoms with Crippen molar-refractivity contribution in [1.82, 2.24) is 10.6 Å². The molecule has 8 nitrogen and oxygen atoms in total. The molecule has 146 valence electrons. The highest BCUT2D eigenvalue weighted by molar-refractivity contribution is 6.32. The quantitative estimate of drug-likeness (QED) is 0.659. The Morgan fingerprint density at radius 3 is 2.93 bits per heavy atom. The number of benzene rings is 1. The number of nitrogens with one attached hydrogen (secondary N) is 2. The molecule has 2 fully saturated rings. The Labute approximate surface area is 161 Å². The van der Waals surface area contributed by atoms with Crippen molar-refractivity contribution < 1.29 is 28.9 Å². The van der Waals surface area contributed by atoms with E-state index in [0.29, 0.717) is 12.2 Å². The van der Waals surface area contributed by atoms with Crippen molar-refractivity contribution in [3.05, 3.63) is 35.0 Å². The molecule has 0 aromatic heterocycles. The summed E-state index contributed by atoms with van der Waals surface area (Å²) in [4.78, 5) is 24.6. The minimum absolute atomic E-state index is 0.0363. The van der Waals surface area contributed by atoms with Gasteiger partial charge in [-0.2, -0.15) is 0 Å². The summed E-state index contributed by atoms with van der Waals surface area (Å²) in [6, 6.07) is 1.68. The van der Waals surface area contributed by atoms with Crippen LogP contribution in [-0.4, -0.2) is 43.5 Å². The third-order valence-corrected chi connectivity index (χ3v) is 4.88. The molecule has 0 spiro atoms. The number of ether oxygens (including phenoxy) is 3. The molecule has 0 aliphatic carbocycles. The van der Waals surface area contributed by atoms with Gasteiger partial charge in [-0.05, 0) is 30.5 Å². The number of rotatable bonds is 5. The number of methoxy groups -OCH3 is 1. The predicted molar refractivity (Wildman–Crippen MR) is 96.6 cm³/mol. The van der Waals surface area contributed by atoms with E-state index in [9.17, 15) is 14.7 Å². The summed E-state index contributed by atoms with van der Waals surface area (Å²) < 4.78 is 16.0. The van der Waals surface area contributed by atoms with Crippen molar-refractivity contribution in [3.8, 4) is 11.5 Å². The zero-order chi connectivity index (χ0) is 19.6. The second kappa shape index (κ2) is 8.06. The van der Waals surface area contributed by atoms with Crippen LogP contribution in [-0.2, 0) is 14.3 Å².